The lowest BCUT2D eigenvalue weighted by Crippen LogP contribution is -2.37. The summed E-state index contributed by atoms with van der Waals surface area (Å²) >= 11 is 1.43. The van der Waals surface area contributed by atoms with E-state index in [9.17, 15) is 4.39 Å². The van der Waals surface area contributed by atoms with Crippen molar-refractivity contribution in [3.63, 3.8) is 0 Å². The Hall–Kier alpha value is -3.91. The van der Waals surface area contributed by atoms with Gasteiger partial charge in [0, 0.05) is 43.5 Å². The third-order valence-corrected chi connectivity index (χ3v) is 8.21. The maximum atomic E-state index is 15.3. The summed E-state index contributed by atoms with van der Waals surface area (Å²) in [7, 11) is 1.61. The van der Waals surface area contributed by atoms with Gasteiger partial charge in [-0.15, -0.1) is 0 Å². The van der Waals surface area contributed by atoms with E-state index in [1.165, 1.54) is 24.2 Å². The van der Waals surface area contributed by atoms with E-state index in [4.69, 9.17) is 19.7 Å². The first-order chi connectivity index (χ1) is 18.7. The molecule has 0 unspecified atom stereocenters. The fourth-order valence-electron chi connectivity index (χ4n) is 5.12. The molecule has 0 radical (unpaired) electrons. The molecule has 202 valence electrons. The number of aryl methyl sites for hydroxylation is 1. The van der Waals surface area contributed by atoms with Gasteiger partial charge in [-0.25, -0.2) is 23.7 Å². The van der Waals surface area contributed by atoms with Gasteiger partial charge >= 0.3 is 0 Å². The lowest BCUT2D eigenvalue weighted by Gasteiger charge is -2.34. The highest BCUT2D eigenvalue weighted by atomic mass is 32.2. The number of thioether (sulfide) groups is 1. The number of nitrogens with one attached hydrogen (secondary N) is 1. The molecule has 1 aliphatic heterocycles. The molecule has 3 aromatic heterocycles. The van der Waals surface area contributed by atoms with Crippen LogP contribution in [0.25, 0.3) is 11.0 Å². The number of pyridine rings is 1. The average molecular weight is 555 g/mol. The van der Waals surface area contributed by atoms with Crippen LogP contribution in [0.5, 0.6) is 5.88 Å². The number of hydrogen-bond acceptors (Lipinski definition) is 12. The Morgan fingerprint density at radius 2 is 2.10 bits per heavy atom. The molecule has 11 nitrogen and oxygen atoms in total. The fraction of sp³-hybridized carbons (Fsp3) is 0.360. The van der Waals surface area contributed by atoms with Gasteiger partial charge in [0.2, 0.25) is 17.6 Å². The summed E-state index contributed by atoms with van der Waals surface area (Å²) in [6.07, 6.45) is 3.68. The minimum Gasteiger partial charge on any atom is -0.468 e. The number of benzene rings is 1. The Bertz CT molecular complexity index is 1620. The number of aliphatic imine (C=N–C) groups is 1. The summed E-state index contributed by atoms with van der Waals surface area (Å²) in [6.45, 7) is 3.96. The van der Waals surface area contributed by atoms with E-state index in [1.54, 1.807) is 33.1 Å². The second kappa shape index (κ2) is 9.38. The van der Waals surface area contributed by atoms with Crippen molar-refractivity contribution in [2.75, 3.05) is 19.0 Å². The molecule has 0 bridgehead atoms. The lowest BCUT2D eigenvalue weighted by molar-refractivity contribution is 0.184. The van der Waals surface area contributed by atoms with Gasteiger partial charge in [-0.05, 0) is 25.5 Å². The molecular weight excluding hydrogens is 530 g/mol. The van der Waals surface area contributed by atoms with Gasteiger partial charge in [-0.3, -0.25) is 4.99 Å². The predicted molar refractivity (Wildman–Crippen MR) is 140 cm³/mol. The van der Waals surface area contributed by atoms with Crippen molar-refractivity contribution in [2.45, 2.75) is 37.2 Å². The molecule has 3 atom stereocenters. The normalized spacial score (nSPS) is 23.8. The highest BCUT2D eigenvalue weighted by molar-refractivity contribution is 8.15. The lowest BCUT2D eigenvalue weighted by atomic mass is 9.85. The van der Waals surface area contributed by atoms with Crippen LogP contribution in [-0.2, 0) is 16.9 Å². The zero-order chi connectivity index (χ0) is 27.4. The quantitative estimate of drug-likeness (QED) is 0.326. The molecule has 1 aliphatic carbocycles. The summed E-state index contributed by atoms with van der Waals surface area (Å²) in [5.41, 5.74) is 6.36. The third kappa shape index (κ3) is 4.52. The second-order valence-corrected chi connectivity index (χ2v) is 11.1. The van der Waals surface area contributed by atoms with Gasteiger partial charge in [0.15, 0.2) is 29.2 Å². The van der Waals surface area contributed by atoms with Crippen LogP contribution in [0, 0.1) is 24.5 Å². The molecule has 2 aliphatic rings. The Balaban J connectivity index is 1.30. The summed E-state index contributed by atoms with van der Waals surface area (Å²) in [5.74, 6) is -0.678. The van der Waals surface area contributed by atoms with Gasteiger partial charge in [-0.2, -0.15) is 4.98 Å². The number of hydrogen-bond donors (Lipinski definition) is 2. The summed E-state index contributed by atoms with van der Waals surface area (Å²) < 4.78 is 45.8. The monoisotopic (exact) mass is 554 g/mol. The van der Waals surface area contributed by atoms with Gasteiger partial charge in [0.1, 0.15) is 5.52 Å². The SMILES string of the molecule is COC[C@]12C[C@H]1[C@](C)(c1cc(Nc3nccc4nc(OCc5noc(C)n5)cnc34)cc(F)c1F)N=C(N)S2. The number of fused-ring (bicyclic) bond motifs is 2. The van der Waals surface area contributed by atoms with E-state index in [1.807, 2.05) is 0 Å². The van der Waals surface area contributed by atoms with Crippen LogP contribution in [0.4, 0.5) is 20.3 Å². The number of amidine groups is 1. The Labute approximate surface area is 225 Å². The highest BCUT2D eigenvalue weighted by Crippen LogP contribution is 2.66. The first-order valence-electron chi connectivity index (χ1n) is 12.0. The van der Waals surface area contributed by atoms with Crippen LogP contribution < -0.4 is 15.8 Å². The minimum atomic E-state index is -1.06. The number of rotatable bonds is 8. The van der Waals surface area contributed by atoms with Crippen molar-refractivity contribution in [2.24, 2.45) is 16.6 Å². The number of anilines is 2. The van der Waals surface area contributed by atoms with Crippen LogP contribution in [0.15, 0.2) is 40.1 Å². The first-order valence-corrected chi connectivity index (χ1v) is 12.9. The number of methoxy groups -OCH3 is 1. The second-order valence-electron chi connectivity index (χ2n) is 9.65. The van der Waals surface area contributed by atoms with Crippen LogP contribution in [0.1, 0.15) is 30.6 Å². The molecule has 0 amide bonds. The predicted octanol–water partition coefficient (Wildman–Crippen LogP) is 4.00. The van der Waals surface area contributed by atoms with Crippen LogP contribution in [0.3, 0.4) is 0 Å². The molecule has 6 rings (SSSR count). The molecule has 3 N–H and O–H groups in total. The number of nitrogens with zero attached hydrogens (tertiary/aromatic N) is 6. The first kappa shape index (κ1) is 25.4. The maximum Gasteiger partial charge on any atom is 0.233 e. The van der Waals surface area contributed by atoms with E-state index in [2.05, 4.69) is 35.4 Å². The molecule has 4 heterocycles. The van der Waals surface area contributed by atoms with Gasteiger partial charge < -0.3 is 25.0 Å². The molecule has 1 fully saturated rings. The number of nitrogens with two attached hydrogens (primary N) is 1. The minimum absolute atomic E-state index is 0.0578. The van der Waals surface area contributed by atoms with Crippen LogP contribution in [0.2, 0.25) is 0 Å². The maximum absolute atomic E-state index is 15.3. The smallest absolute Gasteiger partial charge is 0.233 e. The van der Waals surface area contributed by atoms with Gasteiger partial charge in [0.05, 0.1) is 28.6 Å². The number of halogens is 2. The zero-order valence-corrected chi connectivity index (χ0v) is 22.1. The topological polar surface area (TPSA) is 146 Å². The van der Waals surface area contributed by atoms with Gasteiger partial charge in [0.25, 0.3) is 0 Å². The average Bonchev–Trinajstić information content (AvgIpc) is 3.47. The summed E-state index contributed by atoms with van der Waals surface area (Å²) in [5, 5.41) is 7.16. The van der Waals surface area contributed by atoms with Crippen LogP contribution in [-0.4, -0.2) is 48.7 Å². The van der Waals surface area contributed by atoms with Crippen molar-refractivity contribution < 1.29 is 22.8 Å². The summed E-state index contributed by atoms with van der Waals surface area (Å²) in [6, 6.07) is 4.27. The van der Waals surface area contributed by atoms with E-state index >= 15 is 4.39 Å². The number of ether oxygens (including phenoxy) is 2. The standard InChI is InChI=1S/C25H24F2N8O3S/c1-12-31-18(35-38-12)10-37-19-9-30-21-16(33-19)4-5-29-22(21)32-13-6-14(20(27)15(26)7-13)24(2)17-8-25(17,11-36-3)39-23(28)34-24/h4-7,9,17H,8,10-11H2,1-3H3,(H2,28,34)(H,29,32)/t17-,24-,25+/m0/s1. The van der Waals surface area contributed by atoms with Crippen molar-refractivity contribution in [1.29, 1.82) is 0 Å². The van der Waals surface area contributed by atoms with Crippen molar-refractivity contribution in [3.05, 3.63) is 59.5 Å². The fourth-order valence-corrected chi connectivity index (χ4v) is 6.57. The van der Waals surface area contributed by atoms with Crippen molar-refractivity contribution >= 4 is 39.5 Å². The van der Waals surface area contributed by atoms with E-state index in [-0.39, 0.29) is 34.4 Å². The molecule has 1 aromatic carbocycles. The van der Waals surface area contributed by atoms with Crippen molar-refractivity contribution in [1.82, 2.24) is 25.1 Å². The Morgan fingerprint density at radius 1 is 1.26 bits per heavy atom. The molecule has 4 aromatic rings. The zero-order valence-electron chi connectivity index (χ0n) is 21.2. The molecule has 0 spiro atoms. The van der Waals surface area contributed by atoms with E-state index < -0.39 is 17.2 Å². The molecule has 1 saturated carbocycles. The largest absolute Gasteiger partial charge is 0.468 e. The molecule has 0 saturated heterocycles. The molecule has 14 heteroatoms. The van der Waals surface area contributed by atoms with Crippen LogP contribution >= 0.6 is 11.8 Å². The third-order valence-electron chi connectivity index (χ3n) is 6.93. The van der Waals surface area contributed by atoms with Gasteiger partial charge in [-0.1, -0.05) is 16.9 Å². The highest BCUT2D eigenvalue weighted by Gasteiger charge is 2.66. The molecule has 39 heavy (non-hydrogen) atoms. The number of aromatic nitrogens is 5. The molecular formula is C25H24F2N8O3S. The Morgan fingerprint density at radius 3 is 2.87 bits per heavy atom. The summed E-state index contributed by atoms with van der Waals surface area (Å²) in [4.78, 5) is 21.9. The van der Waals surface area contributed by atoms with E-state index in [0.717, 1.165) is 12.5 Å². The van der Waals surface area contributed by atoms with E-state index in [0.29, 0.717) is 40.3 Å². The van der Waals surface area contributed by atoms with Crippen molar-refractivity contribution in [3.8, 4) is 5.88 Å². The Kier molecular flexibility index (Phi) is 6.10.